The molecule has 5 nitrogen and oxygen atoms in total. The number of amides is 2. The molecule has 3 heterocycles. The van der Waals surface area contributed by atoms with E-state index in [9.17, 15) is 9.59 Å². The molecule has 3 aliphatic rings. The van der Waals surface area contributed by atoms with Gasteiger partial charge in [-0.2, -0.15) is 0 Å². The molecule has 2 atom stereocenters. The summed E-state index contributed by atoms with van der Waals surface area (Å²) in [6.07, 6.45) is 6.83. The van der Waals surface area contributed by atoms with Crippen molar-refractivity contribution in [1.82, 2.24) is 15.1 Å². The first-order valence-electron chi connectivity index (χ1n) is 8.35. The van der Waals surface area contributed by atoms with Crippen LogP contribution in [0.25, 0.3) is 0 Å². The van der Waals surface area contributed by atoms with Crippen LogP contribution in [-0.4, -0.2) is 60.9 Å². The van der Waals surface area contributed by atoms with Gasteiger partial charge in [0, 0.05) is 31.5 Å². The summed E-state index contributed by atoms with van der Waals surface area (Å²) in [6, 6.07) is -0.281. The highest BCUT2D eigenvalue weighted by atomic mass is 16.2. The summed E-state index contributed by atoms with van der Waals surface area (Å²) in [5.74, 6) is 0.188. The van der Waals surface area contributed by atoms with E-state index in [1.807, 2.05) is 4.90 Å². The molecule has 0 radical (unpaired) electrons. The molecule has 0 aromatic carbocycles. The van der Waals surface area contributed by atoms with Gasteiger partial charge in [0.2, 0.25) is 11.8 Å². The Balaban J connectivity index is 1.62. The van der Waals surface area contributed by atoms with Crippen LogP contribution in [0.15, 0.2) is 0 Å². The zero-order valence-electron chi connectivity index (χ0n) is 13.1. The van der Waals surface area contributed by atoms with Gasteiger partial charge in [-0.25, -0.2) is 0 Å². The van der Waals surface area contributed by atoms with E-state index < -0.39 is 0 Å². The molecule has 118 valence electrons. The van der Waals surface area contributed by atoms with Crippen molar-refractivity contribution in [1.29, 1.82) is 0 Å². The third-order valence-electron chi connectivity index (χ3n) is 5.38. The van der Waals surface area contributed by atoms with Crippen molar-refractivity contribution in [2.45, 2.75) is 51.0 Å². The largest absolute Gasteiger partial charge is 0.344 e. The zero-order chi connectivity index (χ0) is 14.9. The fourth-order valence-corrected chi connectivity index (χ4v) is 4.29. The molecule has 1 spiro atoms. The molecule has 3 fully saturated rings. The van der Waals surface area contributed by atoms with E-state index >= 15 is 0 Å². The third kappa shape index (κ3) is 3.23. The summed E-state index contributed by atoms with van der Waals surface area (Å²) in [4.78, 5) is 28.8. The first-order valence-corrected chi connectivity index (χ1v) is 8.35. The number of piperidine rings is 1. The molecule has 0 aliphatic carbocycles. The number of carbonyl (C=O) groups is 2. The second-order valence-corrected chi connectivity index (χ2v) is 7.22. The van der Waals surface area contributed by atoms with E-state index in [1.165, 1.54) is 19.4 Å². The molecule has 0 aromatic heterocycles. The average molecular weight is 293 g/mol. The fraction of sp³-hybridized carbons (Fsp3) is 0.875. The van der Waals surface area contributed by atoms with Crippen molar-refractivity contribution >= 4 is 11.8 Å². The van der Waals surface area contributed by atoms with E-state index in [1.54, 1.807) is 0 Å². The van der Waals surface area contributed by atoms with Crippen LogP contribution in [0, 0.1) is 5.41 Å². The van der Waals surface area contributed by atoms with Crippen LogP contribution in [0.5, 0.6) is 0 Å². The summed E-state index contributed by atoms with van der Waals surface area (Å²) in [6.45, 7) is 4.02. The zero-order valence-corrected chi connectivity index (χ0v) is 13.1. The van der Waals surface area contributed by atoms with Crippen LogP contribution in [0.1, 0.15) is 44.9 Å². The maximum Gasteiger partial charge on any atom is 0.245 e. The van der Waals surface area contributed by atoms with Gasteiger partial charge in [0.15, 0.2) is 0 Å². The first-order chi connectivity index (χ1) is 10.1. The Hall–Kier alpha value is -1.10. The molecule has 21 heavy (non-hydrogen) atoms. The van der Waals surface area contributed by atoms with Crippen molar-refractivity contribution in [2.75, 3.05) is 33.2 Å². The summed E-state index contributed by atoms with van der Waals surface area (Å²) in [7, 11) is 2.18. The highest BCUT2D eigenvalue weighted by Crippen LogP contribution is 2.38. The lowest BCUT2D eigenvalue weighted by atomic mass is 9.79. The lowest BCUT2D eigenvalue weighted by molar-refractivity contribution is -0.135. The number of hydrogen-bond acceptors (Lipinski definition) is 3. The minimum Gasteiger partial charge on any atom is -0.344 e. The van der Waals surface area contributed by atoms with Crippen LogP contribution < -0.4 is 5.32 Å². The Bertz CT molecular complexity index is 426. The molecular weight excluding hydrogens is 266 g/mol. The monoisotopic (exact) mass is 293 g/mol. The molecule has 0 unspecified atom stereocenters. The van der Waals surface area contributed by atoms with Gasteiger partial charge in [-0.15, -0.1) is 0 Å². The number of rotatable bonds is 1. The molecule has 0 bridgehead atoms. The maximum atomic E-state index is 12.7. The van der Waals surface area contributed by atoms with Gasteiger partial charge in [-0.3, -0.25) is 9.59 Å². The number of nitrogens with one attached hydrogen (secondary N) is 1. The number of carbonyl (C=O) groups excluding carboxylic acids is 2. The van der Waals surface area contributed by atoms with Crippen LogP contribution in [0.4, 0.5) is 0 Å². The molecule has 3 saturated heterocycles. The van der Waals surface area contributed by atoms with Gasteiger partial charge >= 0.3 is 0 Å². The second kappa shape index (κ2) is 5.95. The van der Waals surface area contributed by atoms with Gasteiger partial charge in [-0.05, 0) is 45.7 Å². The van der Waals surface area contributed by atoms with Crippen molar-refractivity contribution < 1.29 is 9.59 Å². The van der Waals surface area contributed by atoms with Crippen molar-refractivity contribution in [3.8, 4) is 0 Å². The summed E-state index contributed by atoms with van der Waals surface area (Å²) in [5.41, 5.74) is 0.303. The lowest BCUT2D eigenvalue weighted by Crippen LogP contribution is -2.49. The lowest BCUT2D eigenvalue weighted by Gasteiger charge is -2.38. The topological polar surface area (TPSA) is 52.7 Å². The van der Waals surface area contributed by atoms with Crippen molar-refractivity contribution in [3.05, 3.63) is 0 Å². The minimum absolute atomic E-state index is 0.0390. The molecule has 0 saturated carbocycles. The van der Waals surface area contributed by atoms with Crippen LogP contribution in [0.3, 0.4) is 0 Å². The van der Waals surface area contributed by atoms with E-state index in [0.29, 0.717) is 11.8 Å². The van der Waals surface area contributed by atoms with Gasteiger partial charge < -0.3 is 15.1 Å². The molecule has 2 amide bonds. The first kappa shape index (κ1) is 14.8. The van der Waals surface area contributed by atoms with Crippen LogP contribution in [0.2, 0.25) is 0 Å². The Labute approximate surface area is 127 Å². The molecular formula is C16H27N3O2. The molecule has 5 heteroatoms. The SMILES string of the molecule is CN1CCC[C@]2(CCN(C(=O)[C@H]3CCCCC(=O)N3)C2)C1. The van der Waals surface area contributed by atoms with E-state index in [4.69, 9.17) is 0 Å². The Morgan fingerprint density at radius 3 is 2.86 bits per heavy atom. The number of hydrogen-bond donors (Lipinski definition) is 1. The van der Waals surface area contributed by atoms with Crippen LogP contribution in [-0.2, 0) is 9.59 Å². The van der Waals surface area contributed by atoms with Crippen LogP contribution >= 0.6 is 0 Å². The average Bonchev–Trinajstić information content (AvgIpc) is 2.71. The third-order valence-corrected chi connectivity index (χ3v) is 5.38. The Morgan fingerprint density at radius 2 is 2.05 bits per heavy atom. The normalized spacial score (nSPS) is 34.8. The van der Waals surface area contributed by atoms with Crippen molar-refractivity contribution in [2.24, 2.45) is 5.41 Å². The summed E-state index contributed by atoms with van der Waals surface area (Å²) < 4.78 is 0. The van der Waals surface area contributed by atoms with Gasteiger partial charge in [0.1, 0.15) is 6.04 Å². The molecule has 3 aliphatic heterocycles. The Morgan fingerprint density at radius 1 is 1.19 bits per heavy atom. The fourth-order valence-electron chi connectivity index (χ4n) is 4.29. The Kier molecular flexibility index (Phi) is 4.20. The number of nitrogens with zero attached hydrogens (tertiary/aromatic N) is 2. The quantitative estimate of drug-likeness (QED) is 0.784. The standard InChI is InChI=1S/C16H27N3O2/c1-18-9-4-7-16(11-18)8-10-19(12-16)15(21)13-5-2-3-6-14(20)17-13/h13H,2-12H2,1H3,(H,17,20)/t13-,16+/m1/s1. The van der Waals surface area contributed by atoms with E-state index in [2.05, 4.69) is 17.3 Å². The predicted octanol–water partition coefficient (Wildman–Crippen LogP) is 0.989. The molecule has 3 rings (SSSR count). The predicted molar refractivity (Wildman–Crippen MR) is 80.8 cm³/mol. The van der Waals surface area contributed by atoms with Gasteiger partial charge in [0.05, 0.1) is 0 Å². The van der Waals surface area contributed by atoms with Gasteiger partial charge in [-0.1, -0.05) is 6.42 Å². The van der Waals surface area contributed by atoms with E-state index in [0.717, 1.165) is 45.3 Å². The second-order valence-electron chi connectivity index (χ2n) is 7.22. The highest BCUT2D eigenvalue weighted by molar-refractivity contribution is 5.88. The number of likely N-dealkylation sites (tertiary alicyclic amines) is 2. The summed E-state index contributed by atoms with van der Waals surface area (Å²) >= 11 is 0. The molecule has 1 N–H and O–H groups in total. The molecule has 0 aromatic rings. The minimum atomic E-state index is -0.281. The van der Waals surface area contributed by atoms with Crippen molar-refractivity contribution in [3.63, 3.8) is 0 Å². The maximum absolute atomic E-state index is 12.7. The van der Waals surface area contributed by atoms with E-state index in [-0.39, 0.29) is 17.9 Å². The van der Waals surface area contributed by atoms with Gasteiger partial charge in [0.25, 0.3) is 0 Å². The highest BCUT2D eigenvalue weighted by Gasteiger charge is 2.43. The summed E-state index contributed by atoms with van der Waals surface area (Å²) in [5, 5.41) is 2.92. The smallest absolute Gasteiger partial charge is 0.245 e.